The monoisotopic (exact) mass is 380 g/mol. The zero-order valence-corrected chi connectivity index (χ0v) is 15.7. The van der Waals surface area contributed by atoms with Crippen LogP contribution in [0.3, 0.4) is 0 Å². The molecule has 0 fully saturated rings. The first-order valence-corrected chi connectivity index (χ1v) is 8.92. The van der Waals surface area contributed by atoms with Crippen LogP contribution in [0.2, 0.25) is 0 Å². The maximum atomic E-state index is 12.7. The molecule has 2 aromatic carbocycles. The number of nitrogens with one attached hydrogen (secondary N) is 1. The second-order valence-electron chi connectivity index (χ2n) is 6.51. The molecule has 4 rings (SSSR count). The van der Waals surface area contributed by atoms with Crippen LogP contribution in [0.4, 0.5) is 10.5 Å². The zero-order valence-electron chi connectivity index (χ0n) is 15.7. The third-order valence-electron chi connectivity index (χ3n) is 4.94. The first-order chi connectivity index (χ1) is 13.6. The minimum atomic E-state index is -0.425. The van der Waals surface area contributed by atoms with Gasteiger partial charge in [0.25, 0.3) is 0 Å². The van der Waals surface area contributed by atoms with E-state index in [0.717, 1.165) is 10.9 Å². The summed E-state index contributed by atoms with van der Waals surface area (Å²) in [6.07, 6.45) is 0.573. The first kappa shape index (κ1) is 17.9. The second kappa shape index (κ2) is 7.26. The van der Waals surface area contributed by atoms with Crippen LogP contribution in [0, 0.1) is 0 Å². The smallest absolute Gasteiger partial charge is 0.341 e. The number of urea groups is 1. The van der Waals surface area contributed by atoms with E-state index in [1.165, 1.54) is 0 Å². The molecule has 0 spiro atoms. The lowest BCUT2D eigenvalue weighted by molar-refractivity contribution is 0.205. The molecule has 1 aliphatic heterocycles. The van der Waals surface area contributed by atoms with E-state index in [-0.39, 0.29) is 12.6 Å². The molecular weight excluding hydrogens is 360 g/mol. The van der Waals surface area contributed by atoms with Gasteiger partial charge in [0.1, 0.15) is 17.1 Å². The highest BCUT2D eigenvalue weighted by Gasteiger charge is 2.26. The van der Waals surface area contributed by atoms with Gasteiger partial charge < -0.3 is 24.1 Å². The standard InChI is InChI=1S/C21H20N2O5/c1-26-13-7-8-15-14-9-10-23(12-16(14)20(24)28-19(15)11-13)21(25)22-17-5-3-4-6-18(17)27-2/h3-8,11H,9-10,12H2,1-2H3,(H,22,25). The van der Waals surface area contributed by atoms with Crippen LogP contribution in [-0.2, 0) is 13.0 Å². The van der Waals surface area contributed by atoms with Crippen LogP contribution >= 0.6 is 0 Å². The molecule has 28 heavy (non-hydrogen) atoms. The maximum Gasteiger partial charge on any atom is 0.341 e. The molecule has 7 heteroatoms. The maximum absolute atomic E-state index is 12.7. The third kappa shape index (κ3) is 3.15. The van der Waals surface area contributed by atoms with Gasteiger partial charge in [0, 0.05) is 18.0 Å². The molecule has 0 unspecified atom stereocenters. The Morgan fingerprint density at radius 2 is 1.93 bits per heavy atom. The summed E-state index contributed by atoms with van der Waals surface area (Å²) in [6.45, 7) is 0.694. The topological polar surface area (TPSA) is 81.0 Å². The van der Waals surface area contributed by atoms with Crippen LogP contribution in [0.15, 0.2) is 51.7 Å². The van der Waals surface area contributed by atoms with Gasteiger partial charge >= 0.3 is 11.7 Å². The quantitative estimate of drug-likeness (QED) is 0.705. The van der Waals surface area contributed by atoms with Crippen LogP contribution in [-0.4, -0.2) is 31.7 Å². The van der Waals surface area contributed by atoms with Crippen molar-refractivity contribution in [2.24, 2.45) is 0 Å². The molecule has 0 bridgehead atoms. The Labute approximate surface area is 161 Å². The molecule has 2 heterocycles. The van der Waals surface area contributed by atoms with E-state index in [0.29, 0.717) is 41.3 Å². The summed E-state index contributed by atoms with van der Waals surface area (Å²) in [5.74, 6) is 1.21. The van der Waals surface area contributed by atoms with Gasteiger partial charge in [-0.25, -0.2) is 9.59 Å². The fourth-order valence-electron chi connectivity index (χ4n) is 3.49. The number of hydrogen-bond acceptors (Lipinski definition) is 5. The predicted molar refractivity (Wildman–Crippen MR) is 105 cm³/mol. The third-order valence-corrected chi connectivity index (χ3v) is 4.94. The van der Waals surface area contributed by atoms with Crippen molar-refractivity contribution in [3.05, 3.63) is 64.0 Å². The molecule has 144 valence electrons. The Morgan fingerprint density at radius 3 is 2.71 bits per heavy atom. The van der Waals surface area contributed by atoms with E-state index in [1.54, 1.807) is 37.3 Å². The number of methoxy groups -OCH3 is 2. The number of para-hydroxylation sites is 2. The number of carbonyl (C=O) groups excluding carboxylic acids is 1. The van der Waals surface area contributed by atoms with E-state index in [1.807, 2.05) is 24.3 Å². The summed E-state index contributed by atoms with van der Waals surface area (Å²) >= 11 is 0. The molecule has 7 nitrogen and oxygen atoms in total. The summed E-state index contributed by atoms with van der Waals surface area (Å²) in [5.41, 5.74) is 2.09. The average Bonchev–Trinajstić information content (AvgIpc) is 2.73. The number of fused-ring (bicyclic) bond motifs is 3. The largest absolute Gasteiger partial charge is 0.497 e. The molecule has 2 amide bonds. The van der Waals surface area contributed by atoms with E-state index < -0.39 is 5.63 Å². The van der Waals surface area contributed by atoms with Gasteiger partial charge in [0.2, 0.25) is 0 Å². The molecule has 1 N–H and O–H groups in total. The minimum absolute atomic E-state index is 0.195. The van der Waals surface area contributed by atoms with E-state index in [4.69, 9.17) is 13.9 Å². The Hall–Kier alpha value is -3.48. The van der Waals surface area contributed by atoms with E-state index >= 15 is 0 Å². The van der Waals surface area contributed by atoms with Crippen molar-refractivity contribution >= 4 is 22.7 Å². The molecular formula is C21H20N2O5. The molecule has 0 atom stereocenters. The Balaban J connectivity index is 1.62. The van der Waals surface area contributed by atoms with Crippen molar-refractivity contribution in [3.63, 3.8) is 0 Å². The summed E-state index contributed by atoms with van der Waals surface area (Å²) < 4.78 is 15.9. The molecule has 0 saturated carbocycles. The molecule has 0 radical (unpaired) electrons. The lowest BCUT2D eigenvalue weighted by atomic mass is 9.97. The highest BCUT2D eigenvalue weighted by atomic mass is 16.5. The van der Waals surface area contributed by atoms with Crippen LogP contribution in [0.25, 0.3) is 11.0 Å². The molecule has 0 aliphatic carbocycles. The Kier molecular flexibility index (Phi) is 4.65. The summed E-state index contributed by atoms with van der Waals surface area (Å²) in [4.78, 5) is 26.8. The van der Waals surface area contributed by atoms with Crippen molar-refractivity contribution in [2.75, 3.05) is 26.1 Å². The first-order valence-electron chi connectivity index (χ1n) is 8.92. The van der Waals surface area contributed by atoms with Gasteiger partial charge in [-0.05, 0) is 36.2 Å². The number of anilines is 1. The normalized spacial score (nSPS) is 13.1. The summed E-state index contributed by atoms with van der Waals surface area (Å²) in [7, 11) is 3.11. The lowest BCUT2D eigenvalue weighted by Crippen LogP contribution is -2.40. The predicted octanol–water partition coefficient (Wildman–Crippen LogP) is 3.40. The zero-order chi connectivity index (χ0) is 19.7. The number of hydrogen-bond donors (Lipinski definition) is 1. The summed E-state index contributed by atoms with van der Waals surface area (Å²) in [5, 5.41) is 3.72. The van der Waals surface area contributed by atoms with Crippen LogP contribution in [0.1, 0.15) is 11.1 Å². The second-order valence-corrected chi connectivity index (χ2v) is 6.51. The van der Waals surface area contributed by atoms with E-state index in [9.17, 15) is 9.59 Å². The van der Waals surface area contributed by atoms with Crippen LogP contribution in [0.5, 0.6) is 11.5 Å². The van der Waals surface area contributed by atoms with Gasteiger partial charge in [-0.3, -0.25) is 0 Å². The van der Waals surface area contributed by atoms with Gasteiger partial charge in [-0.15, -0.1) is 0 Å². The van der Waals surface area contributed by atoms with Crippen molar-refractivity contribution in [1.82, 2.24) is 4.90 Å². The summed E-state index contributed by atoms with van der Waals surface area (Å²) in [6, 6.07) is 12.3. The Morgan fingerprint density at radius 1 is 1.11 bits per heavy atom. The minimum Gasteiger partial charge on any atom is -0.497 e. The fraction of sp³-hybridized carbons (Fsp3) is 0.238. The SMILES string of the molecule is COc1ccc2c3c(c(=O)oc2c1)CN(C(=O)Nc1ccccc1OC)CC3. The van der Waals surface area contributed by atoms with E-state index in [2.05, 4.69) is 5.32 Å². The molecule has 1 aliphatic rings. The molecule has 0 saturated heterocycles. The number of carbonyl (C=O) groups is 1. The number of rotatable bonds is 3. The van der Waals surface area contributed by atoms with Gasteiger partial charge in [-0.1, -0.05) is 12.1 Å². The van der Waals surface area contributed by atoms with Gasteiger partial charge in [-0.2, -0.15) is 0 Å². The highest BCUT2D eigenvalue weighted by Crippen LogP contribution is 2.29. The number of ether oxygens (including phenoxy) is 2. The van der Waals surface area contributed by atoms with Crippen molar-refractivity contribution in [2.45, 2.75) is 13.0 Å². The molecule has 1 aromatic heterocycles. The van der Waals surface area contributed by atoms with Crippen molar-refractivity contribution < 1.29 is 18.7 Å². The number of amides is 2. The van der Waals surface area contributed by atoms with Gasteiger partial charge in [0.05, 0.1) is 32.0 Å². The number of benzene rings is 2. The van der Waals surface area contributed by atoms with Crippen molar-refractivity contribution in [3.8, 4) is 11.5 Å². The highest BCUT2D eigenvalue weighted by molar-refractivity contribution is 5.91. The number of nitrogens with zero attached hydrogens (tertiary/aromatic N) is 1. The average molecular weight is 380 g/mol. The Bertz CT molecular complexity index is 1110. The van der Waals surface area contributed by atoms with Crippen LogP contribution < -0.4 is 20.4 Å². The van der Waals surface area contributed by atoms with Crippen molar-refractivity contribution in [1.29, 1.82) is 0 Å². The lowest BCUT2D eigenvalue weighted by Gasteiger charge is -2.29. The molecule has 3 aromatic rings. The van der Waals surface area contributed by atoms with Gasteiger partial charge in [0.15, 0.2) is 0 Å². The fourth-order valence-corrected chi connectivity index (χ4v) is 3.49.